The maximum atomic E-state index is 12.0. The van der Waals surface area contributed by atoms with Crippen LogP contribution in [0.25, 0.3) is 0 Å². The normalized spacial score (nSPS) is 12.5. The largest absolute Gasteiger partial charge is 0.466 e. The molecule has 0 aromatic carbocycles. The summed E-state index contributed by atoms with van der Waals surface area (Å²) < 4.78 is 42.3. The van der Waals surface area contributed by atoms with Gasteiger partial charge < -0.3 is 9.47 Å². The zero-order valence-electron chi connectivity index (χ0n) is 20.2. The monoisotopic (exact) mass is 489 g/mol. The molecule has 0 amide bonds. The third-order valence-corrected chi connectivity index (χ3v) is 5.91. The molecule has 0 aromatic heterocycles. The zero-order chi connectivity index (χ0) is 23.0. The van der Waals surface area contributed by atoms with Gasteiger partial charge in [0.05, 0.1) is 19.6 Å². The molecule has 0 aromatic rings. The number of ether oxygens (including phenoxy) is 2. The summed E-state index contributed by atoms with van der Waals surface area (Å²) in [5.41, 5.74) is 0. The summed E-state index contributed by atoms with van der Waals surface area (Å²) in [5, 5.41) is -1.93. The second-order valence-corrected chi connectivity index (χ2v) is 10.4. The van der Waals surface area contributed by atoms with Gasteiger partial charge >= 0.3 is 11.9 Å². The van der Waals surface area contributed by atoms with Crippen LogP contribution in [-0.2, 0) is 29.2 Å². The molecule has 0 heterocycles. The fourth-order valence-corrected chi connectivity index (χ4v) is 3.65. The van der Waals surface area contributed by atoms with Crippen LogP contribution >= 0.6 is 0 Å². The molecule has 0 saturated heterocycles. The van der Waals surface area contributed by atoms with E-state index in [0.29, 0.717) is 24.7 Å². The second kappa shape index (κ2) is 19.9. The molecule has 0 spiro atoms. The minimum atomic E-state index is -4.75. The van der Waals surface area contributed by atoms with Gasteiger partial charge in [-0.05, 0) is 24.7 Å². The van der Waals surface area contributed by atoms with Gasteiger partial charge in [0.1, 0.15) is 0 Å². The van der Waals surface area contributed by atoms with Crippen molar-refractivity contribution in [2.45, 2.75) is 104 Å². The summed E-state index contributed by atoms with van der Waals surface area (Å²) in [6.45, 7) is 8.91. The first-order valence-electron chi connectivity index (χ1n) is 11.3. The Labute approximate surface area is 232 Å². The molecule has 0 saturated carbocycles. The molecule has 1 N–H and O–H groups in total. The summed E-state index contributed by atoms with van der Waals surface area (Å²) in [7, 11) is -4.75. The van der Waals surface area contributed by atoms with Crippen LogP contribution in [0.4, 0.5) is 0 Å². The molecule has 1 radical (unpaired) electrons. The molecule has 1 atom stereocenters. The molecular weight excluding hydrogens is 447 g/mol. The number of unbranched alkanes of at least 4 members (excludes halogenated alkanes) is 6. The molecular formula is C22H42KO7S. The van der Waals surface area contributed by atoms with E-state index in [-0.39, 0.29) is 64.6 Å². The number of carbonyl (C=O) groups is 2. The van der Waals surface area contributed by atoms with E-state index in [1.807, 2.05) is 0 Å². The van der Waals surface area contributed by atoms with Crippen LogP contribution in [0.2, 0.25) is 0 Å². The molecule has 0 fully saturated rings. The third-order valence-electron chi connectivity index (χ3n) is 4.83. The van der Waals surface area contributed by atoms with Crippen molar-refractivity contribution in [3.63, 3.8) is 0 Å². The number of carbonyl (C=O) groups excluding carboxylic acids is 2. The van der Waals surface area contributed by atoms with Crippen molar-refractivity contribution in [3.05, 3.63) is 0 Å². The first-order chi connectivity index (χ1) is 14.0. The van der Waals surface area contributed by atoms with Crippen molar-refractivity contribution < 1.29 is 32.0 Å². The molecule has 0 aliphatic carbocycles. The van der Waals surface area contributed by atoms with Gasteiger partial charge in [0, 0.05) is 51.4 Å². The predicted octanol–water partition coefficient (Wildman–Crippen LogP) is 4.55. The molecule has 31 heavy (non-hydrogen) atoms. The van der Waals surface area contributed by atoms with Gasteiger partial charge in [-0.1, -0.05) is 79.1 Å². The molecule has 0 rings (SSSR count). The Hall–Kier alpha value is 0.486. The Morgan fingerprint density at radius 1 is 0.742 bits per heavy atom. The Morgan fingerprint density at radius 2 is 1.16 bits per heavy atom. The first-order valence-corrected chi connectivity index (χ1v) is 12.8. The molecule has 179 valence electrons. The Bertz CT molecular complexity index is 576. The van der Waals surface area contributed by atoms with Gasteiger partial charge in [0.25, 0.3) is 10.1 Å². The summed E-state index contributed by atoms with van der Waals surface area (Å²) in [6.07, 6.45) is 8.94. The van der Waals surface area contributed by atoms with Crippen LogP contribution in [0.3, 0.4) is 0 Å². The van der Waals surface area contributed by atoms with Gasteiger partial charge in [-0.2, -0.15) is 8.42 Å². The van der Waals surface area contributed by atoms with Crippen LogP contribution in [0, 0.1) is 11.8 Å². The Morgan fingerprint density at radius 3 is 1.58 bits per heavy atom. The molecule has 0 aliphatic rings. The summed E-state index contributed by atoms with van der Waals surface area (Å²) in [5.74, 6) is -0.608. The van der Waals surface area contributed by atoms with Crippen LogP contribution in [0.1, 0.15) is 98.3 Å². The van der Waals surface area contributed by atoms with Gasteiger partial charge in [0.15, 0.2) is 5.25 Å². The zero-order valence-corrected chi connectivity index (χ0v) is 24.2. The minimum absolute atomic E-state index is 0. The summed E-state index contributed by atoms with van der Waals surface area (Å²) in [6, 6.07) is 0. The van der Waals surface area contributed by atoms with Crippen molar-refractivity contribution in [1.82, 2.24) is 0 Å². The SMILES string of the molecule is CC(C)CCCCCCOC(=O)CC(C(=O)OCCCCCCC(C)C)S(=O)(=O)O.[K]. The maximum Gasteiger partial charge on any atom is 0.327 e. The number of rotatable bonds is 18. The predicted molar refractivity (Wildman–Crippen MR) is 123 cm³/mol. The van der Waals surface area contributed by atoms with E-state index in [1.165, 1.54) is 0 Å². The molecule has 7 nitrogen and oxygen atoms in total. The number of hydrogen-bond donors (Lipinski definition) is 1. The van der Waals surface area contributed by atoms with E-state index in [9.17, 15) is 22.6 Å². The van der Waals surface area contributed by atoms with E-state index in [1.54, 1.807) is 0 Å². The smallest absolute Gasteiger partial charge is 0.327 e. The summed E-state index contributed by atoms with van der Waals surface area (Å²) >= 11 is 0. The average molecular weight is 490 g/mol. The first kappa shape index (κ1) is 33.7. The maximum absolute atomic E-state index is 12.0. The van der Waals surface area contributed by atoms with Gasteiger partial charge in [0.2, 0.25) is 0 Å². The molecule has 9 heteroatoms. The van der Waals surface area contributed by atoms with Crippen molar-refractivity contribution in [3.8, 4) is 0 Å². The van der Waals surface area contributed by atoms with E-state index in [4.69, 9.17) is 9.47 Å². The van der Waals surface area contributed by atoms with Crippen LogP contribution in [-0.4, -0.2) is 94.8 Å². The Balaban J connectivity index is 0. The van der Waals surface area contributed by atoms with Crippen molar-refractivity contribution in [1.29, 1.82) is 0 Å². The molecule has 0 aliphatic heterocycles. The van der Waals surface area contributed by atoms with Gasteiger partial charge in [-0.25, -0.2) is 0 Å². The van der Waals surface area contributed by atoms with E-state index in [0.717, 1.165) is 51.4 Å². The quantitative estimate of drug-likeness (QED) is 0.130. The minimum Gasteiger partial charge on any atom is -0.466 e. The van der Waals surface area contributed by atoms with Gasteiger partial charge in [-0.3, -0.25) is 14.1 Å². The Kier molecular flexibility index (Phi) is 21.6. The fraction of sp³-hybridized carbons (Fsp3) is 0.909. The van der Waals surface area contributed by atoms with E-state index < -0.39 is 33.7 Å². The van der Waals surface area contributed by atoms with Crippen molar-refractivity contribution >= 4 is 73.4 Å². The summed E-state index contributed by atoms with van der Waals surface area (Å²) in [4.78, 5) is 23.9. The van der Waals surface area contributed by atoms with E-state index >= 15 is 0 Å². The average Bonchev–Trinajstić information content (AvgIpc) is 2.62. The topological polar surface area (TPSA) is 107 Å². The fourth-order valence-electron chi connectivity index (χ4n) is 2.99. The van der Waals surface area contributed by atoms with Crippen molar-refractivity contribution in [2.24, 2.45) is 11.8 Å². The standard InChI is InChI=1S/C22H42O7S.K/c1-18(2)13-9-5-7-11-15-28-21(23)17-20(30(25,26)27)22(24)29-16-12-8-6-10-14-19(3)4;/h18-20H,5-17H2,1-4H3,(H,25,26,27);. The molecule has 1 unspecified atom stereocenters. The van der Waals surface area contributed by atoms with Crippen molar-refractivity contribution in [2.75, 3.05) is 13.2 Å². The van der Waals surface area contributed by atoms with Crippen LogP contribution < -0.4 is 0 Å². The number of hydrogen-bond acceptors (Lipinski definition) is 6. The molecule has 0 bridgehead atoms. The third kappa shape index (κ3) is 20.8. The second-order valence-electron chi connectivity index (χ2n) is 8.79. The van der Waals surface area contributed by atoms with Crippen LogP contribution in [0.15, 0.2) is 0 Å². The van der Waals surface area contributed by atoms with E-state index in [2.05, 4.69) is 27.7 Å². The van der Waals surface area contributed by atoms with Gasteiger partial charge in [-0.15, -0.1) is 0 Å². The van der Waals surface area contributed by atoms with Crippen LogP contribution in [0.5, 0.6) is 0 Å². The number of esters is 2.